The van der Waals surface area contributed by atoms with Crippen LogP contribution in [0.25, 0.3) is 10.9 Å². The fourth-order valence-corrected chi connectivity index (χ4v) is 3.30. The molecular weight excluding hydrogens is 302 g/mol. The molecule has 126 valence electrons. The number of benzene rings is 1. The van der Waals surface area contributed by atoms with Gasteiger partial charge >= 0.3 is 0 Å². The lowest BCUT2D eigenvalue weighted by atomic mass is 9.89. The number of hydrogen-bond donors (Lipinski definition) is 2. The normalized spacial score (nSPS) is 13.4. The molecular formula is C19H23N3O2. The molecule has 0 aliphatic heterocycles. The van der Waals surface area contributed by atoms with Crippen molar-refractivity contribution in [2.75, 3.05) is 13.1 Å². The maximum absolute atomic E-state index is 12.8. The first kappa shape index (κ1) is 16.4. The largest absolute Gasteiger partial charge is 0.355 e. The van der Waals surface area contributed by atoms with E-state index >= 15 is 0 Å². The molecule has 0 saturated heterocycles. The minimum absolute atomic E-state index is 0.0727. The average Bonchev–Trinajstić information content (AvgIpc) is 2.56. The van der Waals surface area contributed by atoms with Crippen LogP contribution < -0.4 is 10.6 Å². The van der Waals surface area contributed by atoms with Crippen molar-refractivity contribution in [2.45, 2.75) is 39.5 Å². The Kier molecular flexibility index (Phi) is 4.79. The fourth-order valence-electron chi connectivity index (χ4n) is 3.30. The highest BCUT2D eigenvalue weighted by Gasteiger charge is 2.22. The predicted octanol–water partition coefficient (Wildman–Crippen LogP) is 2.29. The van der Waals surface area contributed by atoms with E-state index in [0.29, 0.717) is 13.1 Å². The topological polar surface area (TPSA) is 71.1 Å². The Morgan fingerprint density at radius 1 is 1.12 bits per heavy atom. The van der Waals surface area contributed by atoms with Gasteiger partial charge in [0.15, 0.2) is 0 Å². The second kappa shape index (κ2) is 6.99. The van der Waals surface area contributed by atoms with Gasteiger partial charge in [0, 0.05) is 31.1 Å². The number of pyridine rings is 1. The Hall–Kier alpha value is -2.43. The van der Waals surface area contributed by atoms with Gasteiger partial charge in [-0.2, -0.15) is 0 Å². The first-order valence-electron chi connectivity index (χ1n) is 8.51. The van der Waals surface area contributed by atoms with Crippen molar-refractivity contribution in [3.05, 3.63) is 40.6 Å². The zero-order chi connectivity index (χ0) is 17.1. The van der Waals surface area contributed by atoms with Gasteiger partial charge in [-0.25, -0.2) is 0 Å². The van der Waals surface area contributed by atoms with E-state index in [4.69, 9.17) is 4.98 Å². The summed E-state index contributed by atoms with van der Waals surface area (Å²) in [6.45, 7) is 4.35. The van der Waals surface area contributed by atoms with Gasteiger partial charge < -0.3 is 10.6 Å². The van der Waals surface area contributed by atoms with Crippen molar-refractivity contribution in [1.29, 1.82) is 0 Å². The zero-order valence-corrected chi connectivity index (χ0v) is 14.2. The number of nitrogens with zero attached hydrogens (tertiary/aromatic N) is 1. The quantitative estimate of drug-likeness (QED) is 0.847. The molecule has 0 unspecified atom stereocenters. The second-order valence-corrected chi connectivity index (χ2v) is 6.38. The van der Waals surface area contributed by atoms with E-state index in [2.05, 4.69) is 10.6 Å². The van der Waals surface area contributed by atoms with Gasteiger partial charge in [0.25, 0.3) is 5.91 Å². The highest BCUT2D eigenvalue weighted by atomic mass is 16.2. The van der Waals surface area contributed by atoms with Crippen LogP contribution in [-0.4, -0.2) is 29.9 Å². The first-order valence-corrected chi connectivity index (χ1v) is 8.51. The van der Waals surface area contributed by atoms with Crippen molar-refractivity contribution in [3.63, 3.8) is 0 Å². The summed E-state index contributed by atoms with van der Waals surface area (Å²) in [5, 5.41) is 6.55. The third kappa shape index (κ3) is 3.40. The van der Waals surface area contributed by atoms with Crippen LogP contribution in [-0.2, 0) is 17.6 Å². The number of rotatable bonds is 4. The minimum atomic E-state index is -0.0911. The summed E-state index contributed by atoms with van der Waals surface area (Å²) in [5.41, 5.74) is 4.92. The number of amides is 2. The number of carbonyl (C=O) groups excluding carboxylic acids is 2. The fraction of sp³-hybridized carbons (Fsp3) is 0.421. The molecule has 0 saturated carbocycles. The Labute approximate surface area is 141 Å². The summed E-state index contributed by atoms with van der Waals surface area (Å²) in [4.78, 5) is 28.5. The average molecular weight is 325 g/mol. The molecule has 2 aromatic rings. The second-order valence-electron chi connectivity index (χ2n) is 6.38. The van der Waals surface area contributed by atoms with Crippen LogP contribution in [0.4, 0.5) is 0 Å². The molecule has 5 heteroatoms. The van der Waals surface area contributed by atoms with Crippen molar-refractivity contribution in [3.8, 4) is 0 Å². The van der Waals surface area contributed by atoms with E-state index < -0.39 is 0 Å². The van der Waals surface area contributed by atoms with Gasteiger partial charge in [0.1, 0.15) is 0 Å². The molecule has 24 heavy (non-hydrogen) atoms. The van der Waals surface area contributed by atoms with Crippen LogP contribution >= 0.6 is 0 Å². The molecule has 2 N–H and O–H groups in total. The highest BCUT2D eigenvalue weighted by molar-refractivity contribution is 6.08. The maximum atomic E-state index is 12.8. The summed E-state index contributed by atoms with van der Waals surface area (Å²) in [7, 11) is 0. The lowest BCUT2D eigenvalue weighted by molar-refractivity contribution is -0.118. The van der Waals surface area contributed by atoms with E-state index in [1.54, 1.807) is 0 Å². The molecule has 2 amide bonds. The van der Waals surface area contributed by atoms with Gasteiger partial charge in [-0.15, -0.1) is 0 Å². The molecule has 1 aromatic heterocycles. The van der Waals surface area contributed by atoms with Gasteiger partial charge in [0.05, 0.1) is 11.1 Å². The first-order chi connectivity index (χ1) is 11.6. The maximum Gasteiger partial charge on any atom is 0.252 e. The summed E-state index contributed by atoms with van der Waals surface area (Å²) < 4.78 is 0. The Morgan fingerprint density at radius 2 is 1.88 bits per heavy atom. The van der Waals surface area contributed by atoms with Gasteiger partial charge in [-0.05, 0) is 50.3 Å². The van der Waals surface area contributed by atoms with Crippen molar-refractivity contribution < 1.29 is 9.59 Å². The lowest BCUT2D eigenvalue weighted by Gasteiger charge is -2.20. The SMILES string of the molecule is CC(=O)NCCNC(=O)c1c2c(nc3ccc(C)cc13)CCCC2. The Morgan fingerprint density at radius 3 is 2.67 bits per heavy atom. The Balaban J connectivity index is 1.96. The Bertz CT molecular complexity index is 799. The molecule has 0 spiro atoms. The minimum Gasteiger partial charge on any atom is -0.355 e. The van der Waals surface area contributed by atoms with Crippen LogP contribution in [0.2, 0.25) is 0 Å². The smallest absolute Gasteiger partial charge is 0.252 e. The standard InChI is InChI=1S/C19H23N3O2/c1-12-7-8-17-15(11-12)18(14-5-3-4-6-16(14)22-17)19(24)21-10-9-20-13(2)23/h7-8,11H,3-6,9-10H2,1-2H3,(H,20,23)(H,21,24). The molecule has 0 atom stereocenters. The molecule has 1 heterocycles. The van der Waals surface area contributed by atoms with Crippen LogP contribution in [0.5, 0.6) is 0 Å². The summed E-state index contributed by atoms with van der Waals surface area (Å²) >= 11 is 0. The van der Waals surface area contributed by atoms with E-state index in [1.165, 1.54) is 6.92 Å². The van der Waals surface area contributed by atoms with E-state index in [1.807, 2.05) is 25.1 Å². The molecule has 0 fully saturated rings. The zero-order valence-electron chi connectivity index (χ0n) is 14.2. The molecule has 1 aliphatic carbocycles. The van der Waals surface area contributed by atoms with Gasteiger partial charge in [-0.1, -0.05) is 11.6 Å². The third-order valence-corrected chi connectivity index (χ3v) is 4.43. The number of carbonyl (C=O) groups is 2. The monoisotopic (exact) mass is 325 g/mol. The van der Waals surface area contributed by atoms with Gasteiger partial charge in [0.2, 0.25) is 5.91 Å². The van der Waals surface area contributed by atoms with Crippen LogP contribution in [0, 0.1) is 6.92 Å². The van der Waals surface area contributed by atoms with Crippen LogP contribution in [0.3, 0.4) is 0 Å². The third-order valence-electron chi connectivity index (χ3n) is 4.43. The number of fused-ring (bicyclic) bond motifs is 2. The number of aryl methyl sites for hydroxylation is 2. The summed E-state index contributed by atoms with van der Waals surface area (Å²) in [5.74, 6) is -0.164. The predicted molar refractivity (Wildman–Crippen MR) is 94.1 cm³/mol. The molecule has 5 nitrogen and oxygen atoms in total. The lowest BCUT2D eigenvalue weighted by Crippen LogP contribution is -2.34. The summed E-state index contributed by atoms with van der Waals surface area (Å²) in [6.07, 6.45) is 4.06. The highest BCUT2D eigenvalue weighted by Crippen LogP contribution is 2.29. The molecule has 3 rings (SSSR count). The molecule has 1 aliphatic rings. The number of aromatic nitrogens is 1. The van der Waals surface area contributed by atoms with Crippen LogP contribution in [0.1, 0.15) is 46.9 Å². The van der Waals surface area contributed by atoms with Crippen molar-refractivity contribution in [2.24, 2.45) is 0 Å². The molecule has 1 aromatic carbocycles. The number of hydrogen-bond acceptors (Lipinski definition) is 3. The van der Waals surface area contributed by atoms with Crippen LogP contribution in [0.15, 0.2) is 18.2 Å². The summed E-state index contributed by atoms with van der Waals surface area (Å²) in [6, 6.07) is 6.07. The molecule has 0 bridgehead atoms. The van der Waals surface area contributed by atoms with E-state index in [9.17, 15) is 9.59 Å². The van der Waals surface area contributed by atoms with Gasteiger partial charge in [-0.3, -0.25) is 14.6 Å². The van der Waals surface area contributed by atoms with Crippen molar-refractivity contribution in [1.82, 2.24) is 15.6 Å². The van der Waals surface area contributed by atoms with Crippen molar-refractivity contribution >= 4 is 22.7 Å². The van der Waals surface area contributed by atoms with E-state index in [-0.39, 0.29) is 11.8 Å². The number of nitrogens with one attached hydrogen (secondary N) is 2. The molecule has 0 radical (unpaired) electrons. The van der Waals surface area contributed by atoms with E-state index in [0.717, 1.165) is 59.0 Å².